The molecular formula is C30H35N5O4S. The van der Waals surface area contributed by atoms with E-state index in [4.69, 9.17) is 14.9 Å². The fourth-order valence-corrected chi connectivity index (χ4v) is 6.90. The minimum absolute atomic E-state index is 0.0328. The van der Waals surface area contributed by atoms with E-state index in [1.54, 1.807) is 12.1 Å². The smallest absolute Gasteiger partial charge is 0.322 e. The Morgan fingerprint density at radius 2 is 1.77 bits per heavy atom. The lowest BCUT2D eigenvalue weighted by Gasteiger charge is -2.28. The van der Waals surface area contributed by atoms with Gasteiger partial charge in [0.15, 0.2) is 0 Å². The molecule has 3 aromatic rings. The van der Waals surface area contributed by atoms with Gasteiger partial charge >= 0.3 is 6.03 Å². The number of nitrogens with two attached hydrogens (primary N) is 1. The molecule has 2 amide bonds. The van der Waals surface area contributed by atoms with Crippen molar-refractivity contribution >= 4 is 27.6 Å². The molecule has 6 rings (SSSR count). The van der Waals surface area contributed by atoms with Crippen LogP contribution in [0.3, 0.4) is 0 Å². The first-order valence-corrected chi connectivity index (χ1v) is 15.4. The Morgan fingerprint density at radius 1 is 1.05 bits per heavy atom. The van der Waals surface area contributed by atoms with Crippen molar-refractivity contribution in [2.75, 3.05) is 42.6 Å². The topological polar surface area (TPSA) is 118 Å². The molecule has 1 spiro atoms. The largest absolute Gasteiger partial charge is 0.378 e. The second kappa shape index (κ2) is 10.5. The Labute approximate surface area is 235 Å². The number of nitrogens with one attached hydrogen (secondary N) is 1. The molecule has 3 heterocycles. The summed E-state index contributed by atoms with van der Waals surface area (Å²) in [7, 11) is -3.75. The van der Waals surface area contributed by atoms with E-state index in [1.807, 2.05) is 4.90 Å². The lowest BCUT2D eigenvalue weighted by molar-refractivity contribution is 0.122. The van der Waals surface area contributed by atoms with Gasteiger partial charge in [-0.2, -0.15) is 0 Å². The van der Waals surface area contributed by atoms with E-state index in [0.717, 1.165) is 85.9 Å². The van der Waals surface area contributed by atoms with Crippen LogP contribution in [0.25, 0.3) is 11.1 Å². The maximum Gasteiger partial charge on any atom is 0.322 e. The Morgan fingerprint density at radius 3 is 2.45 bits per heavy atom. The van der Waals surface area contributed by atoms with Gasteiger partial charge in [0.1, 0.15) is 5.82 Å². The number of nitrogens with zero attached hydrogens (tertiary/aromatic N) is 3. The highest BCUT2D eigenvalue weighted by atomic mass is 32.2. The summed E-state index contributed by atoms with van der Waals surface area (Å²) in [4.78, 5) is 22.5. The second-order valence-electron chi connectivity index (χ2n) is 11.1. The van der Waals surface area contributed by atoms with Gasteiger partial charge in [-0.3, -0.25) is 4.90 Å². The number of fused-ring (bicyclic) bond motifs is 2. The number of aromatic nitrogens is 1. The maximum atomic E-state index is 13.4. The van der Waals surface area contributed by atoms with Crippen molar-refractivity contribution in [1.29, 1.82) is 0 Å². The molecule has 0 radical (unpaired) electrons. The number of morpholine rings is 1. The number of benzene rings is 2. The fraction of sp³-hybridized carbons (Fsp3) is 0.400. The standard InChI is InChI=1S/C30H35N5O4S/c1-21-25(9-11-28(33-21)34-14-16-39-17-15-34)23-6-10-27-26(18-23)30(12-2-3-13-30)20-35(27)29(36)32-19-22-4-7-24(8-5-22)40(31,37)38/h4-11,18H,2-3,12-17,19-20H2,1H3,(H,32,36)(H2,31,37,38). The molecule has 1 saturated heterocycles. The number of pyridine rings is 1. The number of amides is 2. The van der Waals surface area contributed by atoms with Gasteiger partial charge in [0.2, 0.25) is 10.0 Å². The van der Waals surface area contributed by atoms with Crippen molar-refractivity contribution < 1.29 is 17.9 Å². The molecule has 0 unspecified atom stereocenters. The quantitative estimate of drug-likeness (QED) is 0.485. The summed E-state index contributed by atoms with van der Waals surface area (Å²) in [6.07, 6.45) is 4.44. The number of rotatable bonds is 5. The van der Waals surface area contributed by atoms with Crippen LogP contribution in [0.4, 0.5) is 16.3 Å². The van der Waals surface area contributed by atoms with Crippen molar-refractivity contribution in [2.24, 2.45) is 5.14 Å². The number of carbonyl (C=O) groups is 1. The van der Waals surface area contributed by atoms with Crippen LogP contribution in [0.2, 0.25) is 0 Å². The first-order valence-electron chi connectivity index (χ1n) is 13.9. The van der Waals surface area contributed by atoms with E-state index in [2.05, 4.69) is 47.5 Å². The van der Waals surface area contributed by atoms with Crippen LogP contribution in [0, 0.1) is 6.92 Å². The van der Waals surface area contributed by atoms with E-state index in [0.29, 0.717) is 13.1 Å². The fourth-order valence-electron chi connectivity index (χ4n) is 6.39. The van der Waals surface area contributed by atoms with Crippen molar-refractivity contribution in [2.45, 2.75) is 49.5 Å². The lowest BCUT2D eigenvalue weighted by Crippen LogP contribution is -2.41. The third-order valence-corrected chi connectivity index (χ3v) is 9.47. The van der Waals surface area contributed by atoms with Crippen molar-refractivity contribution in [3.63, 3.8) is 0 Å². The number of aryl methyl sites for hydroxylation is 1. The van der Waals surface area contributed by atoms with E-state index in [9.17, 15) is 13.2 Å². The Bertz CT molecular complexity index is 1530. The number of ether oxygens (including phenoxy) is 1. The van der Waals surface area contributed by atoms with Gasteiger partial charge in [0, 0.05) is 48.5 Å². The van der Waals surface area contributed by atoms with Gasteiger partial charge in [-0.15, -0.1) is 0 Å². The lowest BCUT2D eigenvalue weighted by atomic mass is 9.80. The zero-order chi connectivity index (χ0) is 27.9. The molecule has 0 bridgehead atoms. The summed E-state index contributed by atoms with van der Waals surface area (Å²) in [6.45, 7) is 6.18. The van der Waals surface area contributed by atoms with E-state index >= 15 is 0 Å². The SMILES string of the molecule is Cc1nc(N2CCOCC2)ccc1-c1ccc2c(c1)C1(CCCC1)CN2C(=O)NCc1ccc(S(N)(=O)=O)cc1. The van der Waals surface area contributed by atoms with Gasteiger partial charge < -0.3 is 15.0 Å². The third kappa shape index (κ3) is 5.07. The van der Waals surface area contributed by atoms with Gasteiger partial charge in [-0.05, 0) is 72.9 Å². The van der Waals surface area contributed by atoms with E-state index < -0.39 is 10.0 Å². The summed E-state index contributed by atoms with van der Waals surface area (Å²) < 4.78 is 28.5. The minimum atomic E-state index is -3.75. The van der Waals surface area contributed by atoms with Crippen LogP contribution in [0.15, 0.2) is 59.5 Å². The first-order chi connectivity index (χ1) is 19.2. The second-order valence-corrected chi connectivity index (χ2v) is 12.6. The van der Waals surface area contributed by atoms with Gasteiger partial charge in [0.05, 0.1) is 18.1 Å². The van der Waals surface area contributed by atoms with E-state index in [-0.39, 0.29) is 16.3 Å². The van der Waals surface area contributed by atoms with Crippen LogP contribution >= 0.6 is 0 Å². The minimum Gasteiger partial charge on any atom is -0.378 e. The average molecular weight is 562 g/mol. The first kappa shape index (κ1) is 26.7. The van der Waals surface area contributed by atoms with Gasteiger partial charge in [-0.1, -0.05) is 31.0 Å². The molecule has 2 aliphatic heterocycles. The molecule has 2 aromatic carbocycles. The molecule has 3 aliphatic rings. The molecule has 9 nitrogen and oxygen atoms in total. The summed E-state index contributed by atoms with van der Waals surface area (Å²) in [5.41, 5.74) is 6.20. The van der Waals surface area contributed by atoms with Gasteiger partial charge in [-0.25, -0.2) is 23.3 Å². The summed E-state index contributed by atoms with van der Waals surface area (Å²) in [6, 6.07) is 16.8. The molecule has 2 fully saturated rings. The van der Waals surface area contributed by atoms with E-state index in [1.165, 1.54) is 17.7 Å². The number of anilines is 2. The monoisotopic (exact) mass is 561 g/mol. The highest BCUT2D eigenvalue weighted by Crippen LogP contribution is 2.51. The zero-order valence-electron chi connectivity index (χ0n) is 22.7. The number of urea groups is 1. The molecule has 1 aliphatic carbocycles. The maximum absolute atomic E-state index is 13.4. The Balaban J connectivity index is 1.23. The highest BCUT2D eigenvalue weighted by molar-refractivity contribution is 7.89. The average Bonchev–Trinajstić information content (AvgIpc) is 3.57. The summed E-state index contributed by atoms with van der Waals surface area (Å²) in [5.74, 6) is 0.986. The molecule has 10 heteroatoms. The van der Waals surface area contributed by atoms with Crippen molar-refractivity contribution in [1.82, 2.24) is 10.3 Å². The molecule has 210 valence electrons. The normalized spacial score (nSPS) is 18.2. The molecule has 40 heavy (non-hydrogen) atoms. The highest BCUT2D eigenvalue weighted by Gasteiger charge is 2.46. The third-order valence-electron chi connectivity index (χ3n) is 8.54. The predicted molar refractivity (Wildman–Crippen MR) is 155 cm³/mol. The Hall–Kier alpha value is -3.47. The molecule has 0 atom stereocenters. The van der Waals surface area contributed by atoms with Crippen LogP contribution in [0.5, 0.6) is 0 Å². The Kier molecular flexibility index (Phi) is 7.02. The number of hydrogen-bond donors (Lipinski definition) is 2. The van der Waals surface area contributed by atoms with Crippen molar-refractivity contribution in [3.8, 4) is 11.1 Å². The van der Waals surface area contributed by atoms with Crippen molar-refractivity contribution in [3.05, 3.63) is 71.4 Å². The van der Waals surface area contributed by atoms with Crippen LogP contribution in [-0.2, 0) is 26.7 Å². The van der Waals surface area contributed by atoms with Crippen LogP contribution in [0.1, 0.15) is 42.5 Å². The summed E-state index contributed by atoms with van der Waals surface area (Å²) >= 11 is 0. The molecule has 3 N–H and O–H groups in total. The molecule has 1 saturated carbocycles. The number of sulfonamides is 1. The van der Waals surface area contributed by atoms with Gasteiger partial charge in [0.25, 0.3) is 0 Å². The molecular weight excluding hydrogens is 526 g/mol. The number of primary sulfonamides is 1. The predicted octanol–water partition coefficient (Wildman–Crippen LogP) is 4.08. The number of hydrogen-bond acceptors (Lipinski definition) is 6. The van der Waals surface area contributed by atoms with Crippen LogP contribution in [-0.4, -0.2) is 52.3 Å². The van der Waals surface area contributed by atoms with Crippen LogP contribution < -0.4 is 20.3 Å². The molecule has 1 aromatic heterocycles. The number of carbonyl (C=O) groups excluding carboxylic acids is 1. The summed E-state index contributed by atoms with van der Waals surface area (Å²) in [5, 5.41) is 8.22. The zero-order valence-corrected chi connectivity index (χ0v) is 23.5.